The van der Waals surface area contributed by atoms with Gasteiger partial charge < -0.3 is 20.1 Å². The van der Waals surface area contributed by atoms with Crippen molar-refractivity contribution >= 4 is 11.6 Å². The van der Waals surface area contributed by atoms with E-state index in [2.05, 4.69) is 10.6 Å². The maximum atomic E-state index is 12.9. The number of hydrogen-bond acceptors (Lipinski definition) is 4. The summed E-state index contributed by atoms with van der Waals surface area (Å²) in [4.78, 5) is 11.9. The summed E-state index contributed by atoms with van der Waals surface area (Å²) in [5.41, 5.74) is 0.00601. The molecule has 0 radical (unpaired) electrons. The molecule has 0 unspecified atom stereocenters. The highest BCUT2D eigenvalue weighted by atomic mass is 19.4. The van der Waals surface area contributed by atoms with Crippen molar-refractivity contribution in [3.8, 4) is 11.5 Å². The van der Waals surface area contributed by atoms with Crippen molar-refractivity contribution in [2.24, 2.45) is 0 Å². The normalized spacial score (nSPS) is 11.0. The Morgan fingerprint density at radius 1 is 1.04 bits per heavy atom. The fourth-order valence-corrected chi connectivity index (χ4v) is 2.50. The predicted octanol–water partition coefficient (Wildman–Crippen LogP) is 3.49. The Bertz CT molecular complexity index is 779. The van der Waals surface area contributed by atoms with Gasteiger partial charge in [-0.2, -0.15) is 13.2 Å². The number of carbonyl (C=O) groups is 1. The number of nitrogens with one attached hydrogen (secondary N) is 2. The van der Waals surface area contributed by atoms with Gasteiger partial charge in [0.05, 0.1) is 26.3 Å². The van der Waals surface area contributed by atoms with Gasteiger partial charge in [0.25, 0.3) is 0 Å². The lowest BCUT2D eigenvalue weighted by Gasteiger charge is -2.14. The molecular weight excluding hydrogens is 361 g/mol. The monoisotopic (exact) mass is 382 g/mol. The van der Waals surface area contributed by atoms with Crippen molar-refractivity contribution in [2.45, 2.75) is 12.6 Å². The molecule has 0 heterocycles. The van der Waals surface area contributed by atoms with Crippen LogP contribution in [0.1, 0.15) is 11.1 Å². The molecule has 0 aliphatic carbocycles. The molecule has 146 valence electrons. The van der Waals surface area contributed by atoms with Crippen LogP contribution in [0.3, 0.4) is 0 Å². The molecule has 0 aromatic heterocycles. The highest BCUT2D eigenvalue weighted by Gasteiger charge is 2.33. The van der Waals surface area contributed by atoms with Crippen molar-refractivity contribution < 1.29 is 27.4 Å². The summed E-state index contributed by atoms with van der Waals surface area (Å²) in [6, 6.07) is 10.5. The lowest BCUT2D eigenvalue weighted by atomic mass is 10.1. The number of methoxy groups -OCH3 is 2. The quantitative estimate of drug-likeness (QED) is 0.734. The summed E-state index contributed by atoms with van der Waals surface area (Å²) in [6.45, 7) is 0.0932. The summed E-state index contributed by atoms with van der Waals surface area (Å²) in [5, 5.41) is 5.20. The first kappa shape index (κ1) is 20.4. The smallest absolute Gasteiger partial charge is 0.418 e. The number of ether oxygens (including phenoxy) is 2. The van der Waals surface area contributed by atoms with Crippen LogP contribution in [0.2, 0.25) is 0 Å². The van der Waals surface area contributed by atoms with Crippen LogP contribution in [0.25, 0.3) is 0 Å². The Hall–Kier alpha value is -2.90. The van der Waals surface area contributed by atoms with E-state index in [-0.39, 0.29) is 12.2 Å². The molecule has 0 aliphatic rings. The molecule has 0 bridgehead atoms. The Labute approximate surface area is 155 Å². The fraction of sp³-hybridized carbons (Fsp3) is 0.316. The largest absolute Gasteiger partial charge is 0.493 e. The van der Waals surface area contributed by atoms with E-state index in [1.165, 1.54) is 25.3 Å². The maximum Gasteiger partial charge on any atom is 0.418 e. The lowest BCUT2D eigenvalue weighted by Crippen LogP contribution is -2.31. The Morgan fingerprint density at radius 3 is 2.41 bits per heavy atom. The Morgan fingerprint density at radius 2 is 1.74 bits per heavy atom. The molecule has 8 heteroatoms. The third-order valence-electron chi connectivity index (χ3n) is 3.86. The van der Waals surface area contributed by atoms with Crippen LogP contribution >= 0.6 is 0 Å². The summed E-state index contributed by atoms with van der Waals surface area (Å²) in [6.07, 6.45) is -3.93. The van der Waals surface area contributed by atoms with Crippen molar-refractivity contribution in [1.82, 2.24) is 5.32 Å². The van der Waals surface area contributed by atoms with Gasteiger partial charge in [-0.25, -0.2) is 0 Å². The molecule has 0 spiro atoms. The zero-order valence-electron chi connectivity index (χ0n) is 15.0. The summed E-state index contributed by atoms with van der Waals surface area (Å²) >= 11 is 0. The minimum absolute atomic E-state index is 0.125. The second-order valence-electron chi connectivity index (χ2n) is 5.69. The van der Waals surface area contributed by atoms with Crippen LogP contribution < -0.4 is 20.1 Å². The van der Waals surface area contributed by atoms with Crippen molar-refractivity contribution in [1.29, 1.82) is 0 Å². The Kier molecular flexibility index (Phi) is 6.92. The summed E-state index contributed by atoms with van der Waals surface area (Å²) in [7, 11) is 3.08. The first-order chi connectivity index (χ1) is 12.8. The maximum absolute atomic E-state index is 12.9. The molecular formula is C19H21F3N2O3. The molecule has 2 aromatic carbocycles. The van der Waals surface area contributed by atoms with E-state index in [0.29, 0.717) is 24.5 Å². The number of anilines is 1. The van der Waals surface area contributed by atoms with E-state index < -0.39 is 17.6 Å². The van der Waals surface area contributed by atoms with Crippen molar-refractivity contribution in [3.05, 3.63) is 53.6 Å². The number of hydrogen-bond donors (Lipinski definition) is 2. The Balaban J connectivity index is 1.84. The van der Waals surface area contributed by atoms with Crippen LogP contribution in [0, 0.1) is 0 Å². The van der Waals surface area contributed by atoms with Gasteiger partial charge in [-0.3, -0.25) is 4.79 Å². The second kappa shape index (κ2) is 9.16. The van der Waals surface area contributed by atoms with Gasteiger partial charge in [0.1, 0.15) is 0 Å². The molecule has 27 heavy (non-hydrogen) atoms. The second-order valence-corrected chi connectivity index (χ2v) is 5.69. The molecule has 1 amide bonds. The van der Waals surface area contributed by atoms with Crippen LogP contribution in [0.4, 0.5) is 18.9 Å². The number of rotatable bonds is 8. The van der Waals surface area contributed by atoms with Gasteiger partial charge >= 0.3 is 6.18 Å². The number of para-hydroxylation sites is 1. The zero-order chi connectivity index (χ0) is 19.9. The highest BCUT2D eigenvalue weighted by Crippen LogP contribution is 2.34. The van der Waals surface area contributed by atoms with Gasteiger partial charge in [0, 0.05) is 12.2 Å². The van der Waals surface area contributed by atoms with E-state index in [4.69, 9.17) is 9.47 Å². The molecule has 2 N–H and O–H groups in total. The summed E-state index contributed by atoms with van der Waals surface area (Å²) < 4.78 is 49.1. The van der Waals surface area contributed by atoms with E-state index >= 15 is 0 Å². The standard InChI is InChI=1S/C19H21F3N2O3/c1-26-16-8-7-13(11-17(16)27-2)9-10-23-18(25)12-24-15-6-4-3-5-14(15)19(20,21)22/h3-8,11,24H,9-10,12H2,1-2H3,(H,23,25). The number of alkyl halides is 3. The molecule has 2 rings (SSSR count). The molecule has 5 nitrogen and oxygen atoms in total. The van der Waals surface area contributed by atoms with Crippen molar-refractivity contribution in [2.75, 3.05) is 32.6 Å². The molecule has 2 aromatic rings. The molecule has 0 aliphatic heterocycles. The first-order valence-electron chi connectivity index (χ1n) is 8.23. The average Bonchev–Trinajstić information content (AvgIpc) is 2.65. The SMILES string of the molecule is COc1ccc(CCNC(=O)CNc2ccccc2C(F)(F)F)cc1OC. The summed E-state index contributed by atoms with van der Waals surface area (Å²) in [5.74, 6) is 0.803. The van der Waals surface area contributed by atoms with E-state index in [0.717, 1.165) is 11.6 Å². The van der Waals surface area contributed by atoms with E-state index in [9.17, 15) is 18.0 Å². The van der Waals surface area contributed by atoms with Gasteiger partial charge in [-0.15, -0.1) is 0 Å². The molecule has 0 saturated heterocycles. The topological polar surface area (TPSA) is 59.6 Å². The average molecular weight is 382 g/mol. The van der Waals surface area contributed by atoms with Gasteiger partial charge in [0.2, 0.25) is 5.91 Å². The lowest BCUT2D eigenvalue weighted by molar-refractivity contribution is -0.137. The third kappa shape index (κ3) is 5.80. The highest BCUT2D eigenvalue weighted by molar-refractivity contribution is 5.81. The first-order valence-corrected chi connectivity index (χ1v) is 8.23. The van der Waals surface area contributed by atoms with Crippen LogP contribution in [-0.2, 0) is 17.4 Å². The number of benzene rings is 2. The predicted molar refractivity (Wildman–Crippen MR) is 96.2 cm³/mol. The van der Waals surface area contributed by atoms with Gasteiger partial charge in [0.15, 0.2) is 11.5 Å². The zero-order valence-corrected chi connectivity index (χ0v) is 15.0. The number of amides is 1. The third-order valence-corrected chi connectivity index (χ3v) is 3.86. The van der Waals surface area contributed by atoms with Crippen molar-refractivity contribution in [3.63, 3.8) is 0 Å². The molecule has 0 saturated carbocycles. The van der Waals surface area contributed by atoms with Gasteiger partial charge in [-0.1, -0.05) is 18.2 Å². The molecule has 0 atom stereocenters. The van der Waals surface area contributed by atoms with E-state index in [1.807, 2.05) is 12.1 Å². The van der Waals surface area contributed by atoms with Crippen LogP contribution in [-0.4, -0.2) is 33.2 Å². The fourth-order valence-electron chi connectivity index (χ4n) is 2.50. The minimum Gasteiger partial charge on any atom is -0.493 e. The number of halogens is 3. The van der Waals surface area contributed by atoms with Crippen LogP contribution in [0.5, 0.6) is 11.5 Å². The number of carbonyl (C=O) groups excluding carboxylic acids is 1. The van der Waals surface area contributed by atoms with Crippen LogP contribution in [0.15, 0.2) is 42.5 Å². The van der Waals surface area contributed by atoms with Gasteiger partial charge in [-0.05, 0) is 36.2 Å². The minimum atomic E-state index is -4.48. The molecule has 0 fully saturated rings. The van der Waals surface area contributed by atoms with E-state index in [1.54, 1.807) is 13.2 Å².